The van der Waals surface area contributed by atoms with Gasteiger partial charge in [-0.1, -0.05) is 11.6 Å². The van der Waals surface area contributed by atoms with Crippen molar-refractivity contribution in [3.05, 3.63) is 56.5 Å². The molecule has 1 heterocycles. The second-order valence-corrected chi connectivity index (χ2v) is 5.95. The van der Waals surface area contributed by atoms with E-state index in [1.807, 2.05) is 6.07 Å². The maximum Gasteiger partial charge on any atom is 0.269 e. The van der Waals surface area contributed by atoms with Crippen LogP contribution in [0, 0.1) is 18.3 Å². The summed E-state index contributed by atoms with van der Waals surface area (Å²) in [5, 5.41) is 12.4. The minimum Gasteiger partial charge on any atom is -0.495 e. The maximum atomic E-state index is 12.5. The summed E-state index contributed by atoms with van der Waals surface area (Å²) in [5.41, 5.74) is 0.866. The van der Waals surface area contributed by atoms with Gasteiger partial charge in [-0.15, -0.1) is 0 Å². The van der Waals surface area contributed by atoms with E-state index in [9.17, 15) is 14.9 Å². The Hall–Kier alpha value is -2.82. The van der Waals surface area contributed by atoms with E-state index in [4.69, 9.17) is 21.1 Å². The molecule has 2 aromatic rings. The van der Waals surface area contributed by atoms with Crippen LogP contribution in [0.25, 0.3) is 0 Å². The molecule has 1 N–H and O–H groups in total. The second kappa shape index (κ2) is 8.52. The third-order valence-corrected chi connectivity index (χ3v) is 3.97. The molecule has 0 saturated carbocycles. The number of hydrogen-bond acceptors (Lipinski definition) is 5. The number of pyridine rings is 1. The molecule has 7 nitrogen and oxygen atoms in total. The molecule has 8 heteroatoms. The van der Waals surface area contributed by atoms with Gasteiger partial charge in [0.05, 0.1) is 19.4 Å². The van der Waals surface area contributed by atoms with Crippen LogP contribution in [0.3, 0.4) is 0 Å². The number of nitrogens with one attached hydrogen (secondary N) is 1. The van der Waals surface area contributed by atoms with Crippen LogP contribution in [0.15, 0.2) is 29.1 Å². The van der Waals surface area contributed by atoms with Gasteiger partial charge in [-0.05, 0) is 31.2 Å². The van der Waals surface area contributed by atoms with Crippen LogP contribution in [-0.4, -0.2) is 24.7 Å². The number of anilines is 1. The minimum absolute atomic E-state index is 0.0365. The van der Waals surface area contributed by atoms with Gasteiger partial charge in [-0.2, -0.15) is 5.26 Å². The van der Waals surface area contributed by atoms with E-state index in [0.29, 0.717) is 27.7 Å². The number of ether oxygens (including phenoxy) is 2. The summed E-state index contributed by atoms with van der Waals surface area (Å²) < 4.78 is 11.4. The largest absolute Gasteiger partial charge is 0.495 e. The summed E-state index contributed by atoms with van der Waals surface area (Å²) in [7, 11) is 2.95. The second-order valence-electron chi connectivity index (χ2n) is 5.51. The van der Waals surface area contributed by atoms with Crippen molar-refractivity contribution in [2.45, 2.75) is 20.1 Å². The van der Waals surface area contributed by atoms with E-state index in [0.717, 1.165) is 0 Å². The monoisotopic (exact) mass is 375 g/mol. The molecule has 136 valence electrons. The lowest BCUT2D eigenvalue weighted by molar-refractivity contribution is -0.116. The fraction of sp³-hybridized carbons (Fsp3) is 0.278. The van der Waals surface area contributed by atoms with Gasteiger partial charge in [0.1, 0.15) is 23.9 Å². The van der Waals surface area contributed by atoms with Crippen LogP contribution >= 0.6 is 11.6 Å². The molecular weight excluding hydrogens is 358 g/mol. The quantitative estimate of drug-likeness (QED) is 0.837. The van der Waals surface area contributed by atoms with Crippen LogP contribution in [0.4, 0.5) is 5.69 Å². The molecule has 0 aliphatic rings. The van der Waals surface area contributed by atoms with Crippen molar-refractivity contribution in [1.82, 2.24) is 4.57 Å². The zero-order valence-electron chi connectivity index (χ0n) is 14.6. The van der Waals surface area contributed by atoms with Crippen molar-refractivity contribution in [2.75, 3.05) is 19.5 Å². The highest BCUT2D eigenvalue weighted by Gasteiger charge is 2.16. The van der Waals surface area contributed by atoms with Gasteiger partial charge in [0.25, 0.3) is 5.56 Å². The fourth-order valence-electron chi connectivity index (χ4n) is 2.53. The standard InChI is InChI=1S/C18H18ClN3O4/c1-11-6-12(10-25-2)14(8-20)18(24)22(11)9-17(23)21-15-7-13(19)4-5-16(15)26-3/h4-7H,9-10H2,1-3H3,(H,21,23). The van der Waals surface area contributed by atoms with Crippen molar-refractivity contribution in [3.8, 4) is 11.8 Å². The van der Waals surface area contributed by atoms with Gasteiger partial charge in [0.15, 0.2) is 0 Å². The lowest BCUT2D eigenvalue weighted by atomic mass is 10.1. The number of carbonyl (C=O) groups excluding carboxylic acids is 1. The number of methoxy groups -OCH3 is 2. The average molecular weight is 376 g/mol. The Morgan fingerprint density at radius 1 is 1.35 bits per heavy atom. The van der Waals surface area contributed by atoms with Gasteiger partial charge in [-0.3, -0.25) is 9.59 Å². The van der Waals surface area contributed by atoms with E-state index in [1.54, 1.807) is 31.2 Å². The fourth-order valence-corrected chi connectivity index (χ4v) is 2.70. The van der Waals surface area contributed by atoms with Gasteiger partial charge in [0, 0.05) is 23.4 Å². The summed E-state index contributed by atoms with van der Waals surface area (Å²) in [6, 6.07) is 8.36. The van der Waals surface area contributed by atoms with Crippen LogP contribution in [0.5, 0.6) is 5.75 Å². The van der Waals surface area contributed by atoms with Gasteiger partial charge in [0.2, 0.25) is 5.91 Å². The molecule has 0 aliphatic carbocycles. The maximum absolute atomic E-state index is 12.5. The molecular formula is C18H18ClN3O4. The molecule has 0 radical (unpaired) electrons. The number of benzene rings is 1. The van der Waals surface area contributed by atoms with Crippen molar-refractivity contribution < 1.29 is 14.3 Å². The molecule has 2 rings (SSSR count). The summed E-state index contributed by atoms with van der Waals surface area (Å²) in [6.07, 6.45) is 0. The molecule has 0 fully saturated rings. The summed E-state index contributed by atoms with van der Waals surface area (Å²) in [4.78, 5) is 24.9. The molecule has 1 aromatic heterocycles. The van der Waals surface area contributed by atoms with E-state index < -0.39 is 11.5 Å². The SMILES string of the molecule is COCc1cc(C)n(CC(=O)Nc2cc(Cl)ccc2OC)c(=O)c1C#N. The number of amides is 1. The molecule has 0 aliphatic heterocycles. The first-order chi connectivity index (χ1) is 12.4. The number of halogens is 1. The first-order valence-electron chi connectivity index (χ1n) is 7.67. The van der Waals surface area contributed by atoms with Crippen LogP contribution in [0.1, 0.15) is 16.8 Å². The number of carbonyl (C=O) groups is 1. The van der Waals surface area contributed by atoms with Crippen LogP contribution < -0.4 is 15.6 Å². The molecule has 0 saturated heterocycles. The molecule has 0 atom stereocenters. The predicted octanol–water partition coefficient (Wildman–Crippen LogP) is 2.48. The Bertz CT molecular complexity index is 931. The van der Waals surface area contributed by atoms with E-state index in [1.165, 1.54) is 18.8 Å². The third-order valence-electron chi connectivity index (χ3n) is 3.74. The molecule has 26 heavy (non-hydrogen) atoms. The highest BCUT2D eigenvalue weighted by molar-refractivity contribution is 6.31. The Balaban J connectivity index is 2.32. The van der Waals surface area contributed by atoms with Crippen molar-refractivity contribution in [1.29, 1.82) is 5.26 Å². The summed E-state index contributed by atoms with van der Waals surface area (Å²) in [5.74, 6) is -0.000812. The molecule has 1 amide bonds. The van der Waals surface area contributed by atoms with Gasteiger partial charge >= 0.3 is 0 Å². The van der Waals surface area contributed by atoms with E-state index in [2.05, 4.69) is 5.32 Å². The zero-order chi connectivity index (χ0) is 19.3. The minimum atomic E-state index is -0.534. The topological polar surface area (TPSA) is 93.3 Å². The highest BCUT2D eigenvalue weighted by Crippen LogP contribution is 2.27. The molecule has 0 unspecified atom stereocenters. The molecule has 1 aromatic carbocycles. The van der Waals surface area contributed by atoms with E-state index in [-0.39, 0.29) is 18.7 Å². The Labute approximate surface area is 155 Å². The van der Waals surface area contributed by atoms with Crippen LogP contribution in [-0.2, 0) is 22.7 Å². The predicted molar refractivity (Wildman–Crippen MR) is 97.5 cm³/mol. The lowest BCUT2D eigenvalue weighted by Crippen LogP contribution is -2.31. The van der Waals surface area contributed by atoms with E-state index >= 15 is 0 Å². The number of rotatable bonds is 6. The number of nitrogens with zero attached hydrogens (tertiary/aromatic N) is 2. The number of hydrogen-bond donors (Lipinski definition) is 1. The van der Waals surface area contributed by atoms with Gasteiger partial charge < -0.3 is 19.4 Å². The first-order valence-corrected chi connectivity index (χ1v) is 8.04. The number of aromatic nitrogens is 1. The summed E-state index contributed by atoms with van der Waals surface area (Å²) >= 11 is 5.94. The van der Waals surface area contributed by atoms with Crippen molar-refractivity contribution in [3.63, 3.8) is 0 Å². The number of aryl methyl sites for hydroxylation is 1. The van der Waals surface area contributed by atoms with Gasteiger partial charge in [-0.25, -0.2) is 0 Å². The first kappa shape index (κ1) is 19.5. The third kappa shape index (κ3) is 4.23. The lowest BCUT2D eigenvalue weighted by Gasteiger charge is -2.14. The van der Waals surface area contributed by atoms with Crippen molar-refractivity contribution in [2.24, 2.45) is 0 Å². The number of nitriles is 1. The zero-order valence-corrected chi connectivity index (χ0v) is 15.4. The Morgan fingerprint density at radius 3 is 2.69 bits per heavy atom. The average Bonchev–Trinajstić information content (AvgIpc) is 2.59. The molecule has 0 bridgehead atoms. The van der Waals surface area contributed by atoms with Crippen LogP contribution in [0.2, 0.25) is 5.02 Å². The Kier molecular flexibility index (Phi) is 6.39. The Morgan fingerprint density at radius 2 is 2.08 bits per heavy atom. The summed E-state index contributed by atoms with van der Waals surface area (Å²) in [6.45, 7) is 1.59. The smallest absolute Gasteiger partial charge is 0.269 e. The van der Waals surface area contributed by atoms with Crippen molar-refractivity contribution >= 4 is 23.2 Å². The normalized spacial score (nSPS) is 10.3. The molecule has 0 spiro atoms. The highest BCUT2D eigenvalue weighted by atomic mass is 35.5.